The molecule has 2 fully saturated rings. The molecular formula is C32H33Cl4N3O3S. The van der Waals surface area contributed by atoms with Gasteiger partial charge < -0.3 is 20.5 Å². The summed E-state index contributed by atoms with van der Waals surface area (Å²) in [4.78, 5) is 19.7. The molecular weight excluding hydrogens is 648 g/mol. The SMILES string of the molecule is C[C@H](O)c1cc(Cl)c(OCCCc2ncc(C3=C(C(=O)NC(c4cccc(Cl)c4Cl)C4CC4)[C@@H]4CC[C@H](C3)N4)s2)c(Cl)c1. The highest BCUT2D eigenvalue weighted by Crippen LogP contribution is 2.45. The summed E-state index contributed by atoms with van der Waals surface area (Å²) in [6.45, 7) is 2.08. The smallest absolute Gasteiger partial charge is 0.249 e. The van der Waals surface area contributed by atoms with Crippen LogP contribution in [0.25, 0.3) is 5.57 Å². The lowest BCUT2D eigenvalue weighted by molar-refractivity contribution is -0.118. The number of amides is 1. The Balaban J connectivity index is 1.16. The average molecular weight is 682 g/mol. The van der Waals surface area contributed by atoms with Crippen LogP contribution < -0.4 is 15.4 Å². The fraction of sp³-hybridized carbons (Fsp3) is 0.438. The predicted octanol–water partition coefficient (Wildman–Crippen LogP) is 8.37. The monoisotopic (exact) mass is 679 g/mol. The first-order chi connectivity index (χ1) is 20.7. The summed E-state index contributed by atoms with van der Waals surface area (Å²) >= 11 is 27.3. The van der Waals surface area contributed by atoms with Gasteiger partial charge in [-0.15, -0.1) is 11.3 Å². The van der Waals surface area contributed by atoms with Crippen LogP contribution in [0.5, 0.6) is 5.75 Å². The van der Waals surface area contributed by atoms with Gasteiger partial charge >= 0.3 is 0 Å². The van der Waals surface area contributed by atoms with E-state index in [0.29, 0.717) is 50.0 Å². The van der Waals surface area contributed by atoms with E-state index in [2.05, 4.69) is 10.6 Å². The Morgan fingerprint density at radius 2 is 1.91 bits per heavy atom. The number of aryl methyl sites for hydroxylation is 1. The molecule has 1 aromatic heterocycles. The van der Waals surface area contributed by atoms with Crippen LogP contribution in [0.4, 0.5) is 0 Å². The summed E-state index contributed by atoms with van der Waals surface area (Å²) in [6, 6.07) is 9.19. The van der Waals surface area contributed by atoms with E-state index in [9.17, 15) is 9.90 Å². The van der Waals surface area contributed by atoms with Crippen LogP contribution in [0.1, 0.15) is 78.6 Å². The van der Waals surface area contributed by atoms with Gasteiger partial charge in [-0.2, -0.15) is 0 Å². The minimum Gasteiger partial charge on any atom is -0.490 e. The van der Waals surface area contributed by atoms with Crippen molar-refractivity contribution in [2.75, 3.05) is 6.61 Å². The topological polar surface area (TPSA) is 83.5 Å². The number of nitrogens with zero attached hydrogens (tertiary/aromatic N) is 1. The van der Waals surface area contributed by atoms with Gasteiger partial charge in [0.25, 0.3) is 0 Å². The zero-order chi connectivity index (χ0) is 30.2. The highest BCUT2D eigenvalue weighted by atomic mass is 35.5. The quantitative estimate of drug-likeness (QED) is 0.177. The summed E-state index contributed by atoms with van der Waals surface area (Å²) in [5.41, 5.74) is 3.43. The van der Waals surface area contributed by atoms with Crippen molar-refractivity contribution in [3.05, 3.63) is 83.2 Å². The molecule has 1 unspecified atom stereocenters. The maximum absolute atomic E-state index is 14.0. The molecule has 3 N–H and O–H groups in total. The lowest BCUT2D eigenvalue weighted by atomic mass is 9.92. The number of hydrogen-bond donors (Lipinski definition) is 3. The number of thiazole rings is 1. The molecule has 228 valence electrons. The summed E-state index contributed by atoms with van der Waals surface area (Å²) < 4.78 is 5.89. The van der Waals surface area contributed by atoms with Gasteiger partial charge in [-0.25, -0.2) is 4.98 Å². The third kappa shape index (κ3) is 6.89. The lowest BCUT2D eigenvalue weighted by Gasteiger charge is -2.29. The molecule has 1 saturated heterocycles. The van der Waals surface area contributed by atoms with Crippen molar-refractivity contribution in [3.63, 3.8) is 0 Å². The van der Waals surface area contributed by atoms with E-state index in [4.69, 9.17) is 56.1 Å². The second-order valence-electron chi connectivity index (χ2n) is 11.6. The van der Waals surface area contributed by atoms with Gasteiger partial charge in [-0.05, 0) is 86.3 Å². The fourth-order valence-electron chi connectivity index (χ4n) is 6.08. The Labute approximate surface area is 275 Å². The lowest BCUT2D eigenvalue weighted by Crippen LogP contribution is -2.42. The summed E-state index contributed by atoms with van der Waals surface area (Å²) in [5.74, 6) is 0.733. The Hall–Kier alpha value is -1.84. The summed E-state index contributed by atoms with van der Waals surface area (Å²) in [5, 5.41) is 19.6. The Morgan fingerprint density at radius 3 is 2.63 bits per heavy atom. The number of benzene rings is 2. The zero-order valence-electron chi connectivity index (χ0n) is 23.6. The first kappa shape index (κ1) is 31.2. The Kier molecular flexibility index (Phi) is 9.60. The third-order valence-corrected chi connectivity index (χ3v) is 11.0. The third-order valence-electron chi connectivity index (χ3n) is 8.44. The standard InChI is InChI=1S/C32H33Cl4N3O3S/c1-16(40)18-12-23(34)31(24(35)13-18)42-11-3-6-27-37-15-26(43-27)21-14-19-9-10-25(38-19)28(21)32(41)39-30(17-7-8-17)20-4-2-5-22(33)29(20)36/h2,4-5,12-13,15-17,19,25,30,38,40H,3,6-11,14H2,1H3,(H,39,41)/t16-,19+,25-,30?/m0/s1. The number of halogens is 4. The van der Waals surface area contributed by atoms with E-state index in [0.717, 1.165) is 71.5 Å². The minimum atomic E-state index is -0.666. The van der Waals surface area contributed by atoms with Crippen LogP contribution >= 0.6 is 57.7 Å². The largest absolute Gasteiger partial charge is 0.490 e. The van der Waals surface area contributed by atoms with Crippen LogP contribution in [0.2, 0.25) is 20.1 Å². The maximum Gasteiger partial charge on any atom is 0.249 e. The molecule has 43 heavy (non-hydrogen) atoms. The number of fused-ring (bicyclic) bond motifs is 2. The predicted molar refractivity (Wildman–Crippen MR) is 175 cm³/mol. The number of ether oxygens (including phenoxy) is 1. The molecule has 2 bridgehead atoms. The van der Waals surface area contributed by atoms with Crippen molar-refractivity contribution in [1.82, 2.24) is 15.6 Å². The number of hydrogen-bond acceptors (Lipinski definition) is 6. The second-order valence-corrected chi connectivity index (χ2v) is 14.3. The van der Waals surface area contributed by atoms with Crippen LogP contribution in [-0.2, 0) is 11.2 Å². The van der Waals surface area contributed by atoms with E-state index >= 15 is 0 Å². The van der Waals surface area contributed by atoms with E-state index in [1.54, 1.807) is 36.5 Å². The average Bonchev–Trinajstić information content (AvgIpc) is 3.60. The van der Waals surface area contributed by atoms with E-state index in [1.807, 2.05) is 18.3 Å². The summed E-state index contributed by atoms with van der Waals surface area (Å²) in [6.07, 6.45) is 7.58. The molecule has 4 atom stereocenters. The van der Waals surface area contributed by atoms with Gasteiger partial charge in [-0.1, -0.05) is 58.5 Å². The van der Waals surface area contributed by atoms with Crippen molar-refractivity contribution in [1.29, 1.82) is 0 Å². The van der Waals surface area contributed by atoms with E-state index in [-0.39, 0.29) is 18.0 Å². The van der Waals surface area contributed by atoms with Crippen molar-refractivity contribution < 1.29 is 14.6 Å². The summed E-state index contributed by atoms with van der Waals surface area (Å²) in [7, 11) is 0. The molecule has 3 heterocycles. The minimum absolute atomic E-state index is 0.0251. The van der Waals surface area contributed by atoms with Crippen LogP contribution in [0.3, 0.4) is 0 Å². The first-order valence-electron chi connectivity index (χ1n) is 14.7. The van der Waals surface area contributed by atoms with Crippen molar-refractivity contribution in [2.24, 2.45) is 5.92 Å². The van der Waals surface area contributed by atoms with Crippen LogP contribution in [0.15, 0.2) is 42.1 Å². The number of carbonyl (C=O) groups excluding carboxylic acids is 1. The number of aliphatic hydroxyl groups is 1. The van der Waals surface area contributed by atoms with Gasteiger partial charge in [0.05, 0.1) is 48.7 Å². The number of carbonyl (C=O) groups is 1. The molecule has 2 aliphatic heterocycles. The fourth-order valence-corrected chi connectivity index (χ4v) is 8.15. The molecule has 1 amide bonds. The van der Waals surface area contributed by atoms with Gasteiger partial charge in [0.15, 0.2) is 5.75 Å². The molecule has 2 aromatic carbocycles. The molecule has 1 saturated carbocycles. The molecule has 0 spiro atoms. The van der Waals surface area contributed by atoms with Gasteiger partial charge in [0, 0.05) is 30.3 Å². The zero-order valence-corrected chi connectivity index (χ0v) is 27.5. The van der Waals surface area contributed by atoms with Crippen molar-refractivity contribution in [2.45, 2.75) is 76.1 Å². The van der Waals surface area contributed by atoms with E-state index in [1.165, 1.54) is 0 Å². The number of aromatic nitrogens is 1. The highest BCUT2D eigenvalue weighted by Gasteiger charge is 2.41. The Bertz CT molecular complexity index is 1530. The van der Waals surface area contributed by atoms with Gasteiger partial charge in [-0.3, -0.25) is 4.79 Å². The normalized spacial score (nSPS) is 21.2. The number of aliphatic hydroxyl groups excluding tert-OH is 1. The molecule has 11 heteroatoms. The van der Waals surface area contributed by atoms with Crippen LogP contribution in [-0.4, -0.2) is 34.7 Å². The van der Waals surface area contributed by atoms with Crippen molar-refractivity contribution in [3.8, 4) is 5.75 Å². The van der Waals surface area contributed by atoms with Crippen molar-refractivity contribution >= 4 is 69.2 Å². The second kappa shape index (κ2) is 13.3. The Morgan fingerprint density at radius 1 is 1.14 bits per heavy atom. The first-order valence-corrected chi connectivity index (χ1v) is 17.0. The molecule has 3 aliphatic rings. The maximum atomic E-state index is 14.0. The number of rotatable bonds is 11. The molecule has 3 aromatic rings. The molecule has 0 radical (unpaired) electrons. The molecule has 6 nitrogen and oxygen atoms in total. The van der Waals surface area contributed by atoms with Gasteiger partial charge in [0.2, 0.25) is 5.91 Å². The van der Waals surface area contributed by atoms with Crippen LogP contribution in [0, 0.1) is 5.92 Å². The highest BCUT2D eigenvalue weighted by molar-refractivity contribution is 7.12. The molecule has 1 aliphatic carbocycles. The van der Waals surface area contributed by atoms with Gasteiger partial charge in [0.1, 0.15) is 0 Å². The number of nitrogens with one attached hydrogen (secondary N) is 2. The van der Waals surface area contributed by atoms with E-state index < -0.39 is 6.10 Å². The molecule has 6 rings (SSSR count).